The number of hydrogen-bond donors (Lipinski definition) is 4. The summed E-state index contributed by atoms with van der Waals surface area (Å²) in [5.74, 6) is 0.0271. The van der Waals surface area contributed by atoms with Crippen LogP contribution in [-0.2, 0) is 12.7 Å². The summed E-state index contributed by atoms with van der Waals surface area (Å²) < 4.78 is 50.5. The number of nitrogens with zero attached hydrogens (tertiary/aromatic N) is 3. The van der Waals surface area contributed by atoms with Crippen molar-refractivity contribution in [2.75, 3.05) is 23.4 Å². The molecule has 0 bridgehead atoms. The maximum absolute atomic E-state index is 12.8. The summed E-state index contributed by atoms with van der Waals surface area (Å²) in [7, 11) is 1.80. The Labute approximate surface area is 233 Å². The first-order valence-electron chi connectivity index (χ1n) is 12.0. The van der Waals surface area contributed by atoms with E-state index in [0.717, 1.165) is 22.9 Å². The van der Waals surface area contributed by atoms with Crippen molar-refractivity contribution in [3.8, 4) is 17.2 Å². The third kappa shape index (κ3) is 8.34. The predicted molar refractivity (Wildman–Crippen MR) is 149 cm³/mol. The SMILES string of the molecule is CNc1ccc(F)cc1.N#CCC(=N)c1cc(-c2ccc(CNc3ncc(C(F)(F)F)cc3C=O)cc2)cnc1N. The lowest BCUT2D eigenvalue weighted by Gasteiger charge is -2.12. The van der Waals surface area contributed by atoms with Crippen molar-refractivity contribution in [1.29, 1.82) is 10.7 Å². The lowest BCUT2D eigenvalue weighted by molar-refractivity contribution is -0.137. The Morgan fingerprint density at radius 2 is 1.73 bits per heavy atom. The molecule has 41 heavy (non-hydrogen) atoms. The number of aromatic nitrogens is 2. The molecule has 2 aromatic heterocycles. The molecule has 0 spiro atoms. The summed E-state index contributed by atoms with van der Waals surface area (Å²) in [6.07, 6.45) is -2.10. The van der Waals surface area contributed by atoms with Gasteiger partial charge in [-0.25, -0.2) is 14.4 Å². The Hall–Kier alpha value is -5.31. The summed E-state index contributed by atoms with van der Waals surface area (Å²) >= 11 is 0. The Morgan fingerprint density at radius 1 is 1.05 bits per heavy atom. The van der Waals surface area contributed by atoms with Gasteiger partial charge in [-0.15, -0.1) is 0 Å². The van der Waals surface area contributed by atoms with Crippen LogP contribution in [-0.4, -0.2) is 29.0 Å². The number of nitrogens with two attached hydrogens (primary N) is 1. The first kappa shape index (κ1) is 30.2. The van der Waals surface area contributed by atoms with Gasteiger partial charge < -0.3 is 21.8 Å². The largest absolute Gasteiger partial charge is 0.417 e. The van der Waals surface area contributed by atoms with Crippen molar-refractivity contribution in [2.45, 2.75) is 19.1 Å². The van der Waals surface area contributed by atoms with Crippen LogP contribution < -0.4 is 16.4 Å². The van der Waals surface area contributed by atoms with E-state index in [1.54, 1.807) is 43.6 Å². The van der Waals surface area contributed by atoms with Crippen LogP contribution in [0.25, 0.3) is 11.1 Å². The number of rotatable bonds is 8. The first-order valence-corrected chi connectivity index (χ1v) is 12.0. The van der Waals surface area contributed by atoms with Gasteiger partial charge >= 0.3 is 6.18 Å². The topological polar surface area (TPSA) is 141 Å². The molecule has 0 aliphatic rings. The Balaban J connectivity index is 0.000000436. The number of pyridine rings is 2. The van der Waals surface area contributed by atoms with Crippen LogP contribution in [0.2, 0.25) is 0 Å². The fourth-order valence-corrected chi connectivity index (χ4v) is 3.54. The number of nitrogen functional groups attached to an aromatic ring is 1. The maximum atomic E-state index is 12.8. The van der Waals surface area contributed by atoms with Crippen molar-refractivity contribution in [3.05, 3.63) is 101 Å². The van der Waals surface area contributed by atoms with Gasteiger partial charge in [-0.2, -0.15) is 18.4 Å². The standard InChI is InChI=1S/C22H17F3N6O.C7H8FN/c23-22(24,25)17-7-16(12-32)21(31-11-17)30-9-13-1-3-14(4-2-13)15-8-18(19(27)5-6-26)20(28)29-10-15;1-9-7-4-2-6(8)3-5-7/h1-4,7-8,10-12,27H,5,9H2,(H2,28,29)(H,30,31);2-5,9H,1H3. The van der Waals surface area contributed by atoms with Crippen LogP contribution in [0, 0.1) is 22.6 Å². The number of carbonyl (C=O) groups is 1. The molecule has 4 rings (SSSR count). The molecular weight excluding hydrogens is 538 g/mol. The second-order valence-corrected chi connectivity index (χ2v) is 8.56. The third-order valence-corrected chi connectivity index (χ3v) is 5.75. The minimum atomic E-state index is -4.58. The van der Waals surface area contributed by atoms with E-state index in [1.807, 2.05) is 18.2 Å². The fraction of sp³-hybridized carbons (Fsp3) is 0.138. The maximum Gasteiger partial charge on any atom is 0.417 e. The zero-order valence-corrected chi connectivity index (χ0v) is 21.8. The number of aldehydes is 1. The molecule has 2 aromatic carbocycles. The van der Waals surface area contributed by atoms with E-state index < -0.39 is 11.7 Å². The molecule has 2 heterocycles. The van der Waals surface area contributed by atoms with Gasteiger partial charge in [0, 0.05) is 42.8 Å². The van der Waals surface area contributed by atoms with Crippen LogP contribution in [0.3, 0.4) is 0 Å². The van der Waals surface area contributed by atoms with E-state index in [0.29, 0.717) is 23.6 Å². The van der Waals surface area contributed by atoms with Gasteiger partial charge in [-0.1, -0.05) is 24.3 Å². The normalized spacial score (nSPS) is 10.5. The molecule has 4 aromatic rings. The molecule has 0 aliphatic carbocycles. The van der Waals surface area contributed by atoms with Crippen LogP contribution in [0.15, 0.2) is 73.1 Å². The summed E-state index contributed by atoms with van der Waals surface area (Å²) in [6.45, 7) is 0.234. The van der Waals surface area contributed by atoms with Crippen molar-refractivity contribution in [3.63, 3.8) is 0 Å². The highest BCUT2D eigenvalue weighted by atomic mass is 19.4. The highest BCUT2D eigenvalue weighted by molar-refractivity contribution is 6.03. The van der Waals surface area contributed by atoms with E-state index in [9.17, 15) is 22.4 Å². The molecule has 0 fully saturated rings. The van der Waals surface area contributed by atoms with E-state index in [-0.39, 0.29) is 41.7 Å². The fourth-order valence-electron chi connectivity index (χ4n) is 3.54. The molecule has 5 N–H and O–H groups in total. The average molecular weight is 564 g/mol. The zero-order chi connectivity index (χ0) is 30.0. The Morgan fingerprint density at radius 3 is 2.32 bits per heavy atom. The summed E-state index contributed by atoms with van der Waals surface area (Å²) in [5, 5.41) is 22.5. The molecule has 0 aliphatic heterocycles. The van der Waals surface area contributed by atoms with Crippen LogP contribution in [0.1, 0.15) is 33.5 Å². The van der Waals surface area contributed by atoms with Crippen molar-refractivity contribution >= 4 is 29.3 Å². The summed E-state index contributed by atoms with van der Waals surface area (Å²) in [4.78, 5) is 19.0. The molecule has 210 valence electrons. The van der Waals surface area contributed by atoms with Crippen LogP contribution >= 0.6 is 0 Å². The Bertz CT molecular complexity index is 1550. The number of halogens is 4. The molecular formula is C29H25F4N7O. The highest BCUT2D eigenvalue weighted by Crippen LogP contribution is 2.30. The minimum Gasteiger partial charge on any atom is -0.388 e. The summed E-state index contributed by atoms with van der Waals surface area (Å²) in [5.41, 5.74) is 8.35. The third-order valence-electron chi connectivity index (χ3n) is 5.75. The van der Waals surface area contributed by atoms with Gasteiger partial charge in [-0.3, -0.25) is 4.79 Å². The van der Waals surface area contributed by atoms with Crippen LogP contribution in [0.5, 0.6) is 0 Å². The van der Waals surface area contributed by atoms with Crippen molar-refractivity contribution in [1.82, 2.24) is 9.97 Å². The van der Waals surface area contributed by atoms with Crippen molar-refractivity contribution < 1.29 is 22.4 Å². The van der Waals surface area contributed by atoms with E-state index in [2.05, 4.69) is 20.6 Å². The Kier molecular flexibility index (Phi) is 10.1. The highest BCUT2D eigenvalue weighted by Gasteiger charge is 2.31. The smallest absolute Gasteiger partial charge is 0.388 e. The number of carbonyl (C=O) groups excluding carboxylic acids is 1. The van der Waals surface area contributed by atoms with Crippen molar-refractivity contribution in [2.24, 2.45) is 0 Å². The van der Waals surface area contributed by atoms with Gasteiger partial charge in [0.2, 0.25) is 0 Å². The van der Waals surface area contributed by atoms with E-state index in [1.165, 1.54) is 12.1 Å². The molecule has 0 saturated heterocycles. The monoisotopic (exact) mass is 563 g/mol. The predicted octanol–water partition coefficient (Wildman–Crippen LogP) is 6.32. The van der Waals surface area contributed by atoms with E-state index >= 15 is 0 Å². The number of benzene rings is 2. The second-order valence-electron chi connectivity index (χ2n) is 8.56. The van der Waals surface area contributed by atoms with Gasteiger partial charge in [0.1, 0.15) is 17.5 Å². The van der Waals surface area contributed by atoms with E-state index in [4.69, 9.17) is 16.4 Å². The molecule has 0 amide bonds. The van der Waals surface area contributed by atoms with Gasteiger partial charge in [0.05, 0.1) is 29.3 Å². The molecule has 0 saturated carbocycles. The molecule has 0 atom stereocenters. The molecule has 12 heteroatoms. The lowest BCUT2D eigenvalue weighted by Crippen LogP contribution is -2.10. The number of nitriles is 1. The average Bonchev–Trinajstić information content (AvgIpc) is 2.97. The first-order chi connectivity index (χ1) is 19.5. The summed E-state index contributed by atoms with van der Waals surface area (Å²) in [6, 6.07) is 17.8. The lowest BCUT2D eigenvalue weighted by atomic mass is 10.0. The zero-order valence-electron chi connectivity index (χ0n) is 21.8. The number of alkyl halides is 3. The molecule has 0 radical (unpaired) electrons. The van der Waals surface area contributed by atoms with Gasteiger partial charge in [-0.05, 0) is 47.5 Å². The quantitative estimate of drug-likeness (QED) is 0.112. The second kappa shape index (κ2) is 13.7. The van der Waals surface area contributed by atoms with Crippen LogP contribution in [0.4, 0.5) is 34.9 Å². The number of anilines is 3. The van der Waals surface area contributed by atoms with Gasteiger partial charge in [0.25, 0.3) is 0 Å². The molecule has 8 nitrogen and oxygen atoms in total. The molecule has 0 unspecified atom stereocenters. The number of nitrogens with one attached hydrogen (secondary N) is 3. The minimum absolute atomic E-state index is 0.0560. The number of hydrogen-bond acceptors (Lipinski definition) is 8. The van der Waals surface area contributed by atoms with Gasteiger partial charge in [0.15, 0.2) is 6.29 Å².